The highest BCUT2D eigenvalue weighted by Crippen LogP contribution is 2.37. The van der Waals surface area contributed by atoms with Crippen LogP contribution >= 0.6 is 11.3 Å². The Bertz CT molecular complexity index is 1150. The molecule has 0 saturated heterocycles. The van der Waals surface area contributed by atoms with E-state index >= 15 is 0 Å². The van der Waals surface area contributed by atoms with Crippen LogP contribution in [-0.2, 0) is 16.0 Å². The molecular weight excluding hydrogens is 476 g/mol. The standard InChI is InChI=1S/C27H32N4O4S/c1-2-3-4-5-6-10-13-24(32)28-21(16-19-11-8-7-9-12-19)25(33)29-27-31-30-26(36-27)20-14-15-22-23(17-20)35-18-34-22/h7-9,11-12,14-15,17,21H,2-6,10,13,16,18H2,1H3,(H,28,32)(H,29,31,33)/t21-/m0/s1. The van der Waals surface area contributed by atoms with E-state index in [4.69, 9.17) is 9.47 Å². The molecule has 2 aromatic carbocycles. The number of rotatable bonds is 13. The minimum absolute atomic E-state index is 0.111. The molecule has 1 aromatic heterocycles. The second-order valence-electron chi connectivity index (χ2n) is 8.80. The number of carbonyl (C=O) groups excluding carboxylic acids is 2. The highest BCUT2D eigenvalue weighted by molar-refractivity contribution is 7.18. The van der Waals surface area contributed by atoms with E-state index in [1.54, 1.807) is 0 Å². The first-order chi connectivity index (χ1) is 17.6. The molecule has 36 heavy (non-hydrogen) atoms. The number of carbonyl (C=O) groups is 2. The molecule has 0 saturated carbocycles. The van der Waals surface area contributed by atoms with Crippen molar-refractivity contribution in [1.82, 2.24) is 15.5 Å². The molecule has 1 aliphatic heterocycles. The normalized spacial score (nSPS) is 12.8. The number of unbranched alkanes of at least 4 members (excludes halogenated alkanes) is 5. The summed E-state index contributed by atoms with van der Waals surface area (Å²) in [5.74, 6) is 0.921. The molecule has 2 N–H and O–H groups in total. The molecule has 3 aromatic rings. The molecule has 0 radical (unpaired) electrons. The maximum absolute atomic E-state index is 13.2. The van der Waals surface area contributed by atoms with Gasteiger partial charge in [-0.2, -0.15) is 0 Å². The summed E-state index contributed by atoms with van der Waals surface area (Å²) in [5.41, 5.74) is 1.79. The Kier molecular flexibility index (Phi) is 9.27. The van der Waals surface area contributed by atoms with E-state index in [0.717, 1.165) is 30.4 Å². The Labute approximate surface area is 215 Å². The van der Waals surface area contributed by atoms with Gasteiger partial charge in [-0.1, -0.05) is 80.7 Å². The van der Waals surface area contributed by atoms with E-state index < -0.39 is 6.04 Å². The van der Waals surface area contributed by atoms with Crippen molar-refractivity contribution in [2.24, 2.45) is 0 Å². The van der Waals surface area contributed by atoms with Gasteiger partial charge in [0.15, 0.2) is 11.5 Å². The van der Waals surface area contributed by atoms with Crippen molar-refractivity contribution < 1.29 is 19.1 Å². The van der Waals surface area contributed by atoms with Gasteiger partial charge in [-0.25, -0.2) is 0 Å². The van der Waals surface area contributed by atoms with Gasteiger partial charge in [-0.05, 0) is 30.2 Å². The lowest BCUT2D eigenvalue weighted by Crippen LogP contribution is -2.45. The Hall–Kier alpha value is -3.46. The van der Waals surface area contributed by atoms with Crippen molar-refractivity contribution in [3.63, 3.8) is 0 Å². The quantitative estimate of drug-likeness (QED) is 0.302. The summed E-state index contributed by atoms with van der Waals surface area (Å²) in [6.07, 6.45) is 7.42. The van der Waals surface area contributed by atoms with Gasteiger partial charge in [0.25, 0.3) is 0 Å². The largest absolute Gasteiger partial charge is 0.454 e. The van der Waals surface area contributed by atoms with Crippen LogP contribution in [0.2, 0.25) is 0 Å². The zero-order chi connectivity index (χ0) is 25.2. The monoisotopic (exact) mass is 508 g/mol. The predicted octanol–water partition coefficient (Wildman–Crippen LogP) is 5.35. The number of fused-ring (bicyclic) bond motifs is 1. The third-order valence-electron chi connectivity index (χ3n) is 5.97. The van der Waals surface area contributed by atoms with E-state index in [1.807, 2.05) is 48.5 Å². The SMILES string of the molecule is CCCCCCCCC(=O)N[C@@H](Cc1ccccc1)C(=O)Nc1nnc(-c2ccc3c(c2)OCO3)s1. The molecule has 2 amide bonds. The van der Waals surface area contributed by atoms with Crippen molar-refractivity contribution in [3.8, 4) is 22.1 Å². The van der Waals surface area contributed by atoms with Gasteiger partial charge in [-0.15, -0.1) is 10.2 Å². The maximum atomic E-state index is 13.2. The minimum atomic E-state index is -0.710. The van der Waals surface area contributed by atoms with Gasteiger partial charge < -0.3 is 14.8 Å². The summed E-state index contributed by atoms with van der Waals surface area (Å²) >= 11 is 1.26. The minimum Gasteiger partial charge on any atom is -0.454 e. The number of anilines is 1. The van der Waals surface area contributed by atoms with Crippen molar-refractivity contribution in [2.75, 3.05) is 12.1 Å². The lowest BCUT2D eigenvalue weighted by molar-refractivity contribution is -0.126. The van der Waals surface area contributed by atoms with Crippen LogP contribution in [0.5, 0.6) is 11.5 Å². The summed E-state index contributed by atoms with van der Waals surface area (Å²) in [6.45, 7) is 2.38. The zero-order valence-corrected chi connectivity index (χ0v) is 21.3. The van der Waals surface area contributed by atoms with Crippen molar-refractivity contribution in [3.05, 3.63) is 54.1 Å². The van der Waals surface area contributed by atoms with Crippen molar-refractivity contribution >= 4 is 28.3 Å². The average Bonchev–Trinajstić information content (AvgIpc) is 3.55. The molecule has 0 fully saturated rings. The Balaban J connectivity index is 1.37. The van der Waals surface area contributed by atoms with E-state index in [2.05, 4.69) is 27.8 Å². The van der Waals surface area contributed by atoms with Crippen molar-refractivity contribution in [1.29, 1.82) is 0 Å². The third kappa shape index (κ3) is 7.27. The van der Waals surface area contributed by atoms with E-state index in [-0.39, 0.29) is 18.6 Å². The van der Waals surface area contributed by atoms with Gasteiger partial charge in [0.2, 0.25) is 23.7 Å². The first-order valence-electron chi connectivity index (χ1n) is 12.5. The maximum Gasteiger partial charge on any atom is 0.249 e. The lowest BCUT2D eigenvalue weighted by Gasteiger charge is -2.18. The number of nitrogens with one attached hydrogen (secondary N) is 2. The molecule has 0 bridgehead atoms. The number of nitrogens with zero attached hydrogens (tertiary/aromatic N) is 2. The molecule has 1 aliphatic rings. The van der Waals surface area contributed by atoms with Crippen LogP contribution in [0, 0.1) is 0 Å². The topological polar surface area (TPSA) is 102 Å². The molecule has 9 heteroatoms. The summed E-state index contributed by atoms with van der Waals surface area (Å²) in [5, 5.41) is 15.1. The van der Waals surface area contributed by atoms with Gasteiger partial charge in [-0.3, -0.25) is 14.9 Å². The van der Waals surface area contributed by atoms with E-state index in [1.165, 1.54) is 30.6 Å². The van der Waals surface area contributed by atoms with Gasteiger partial charge in [0, 0.05) is 18.4 Å². The predicted molar refractivity (Wildman–Crippen MR) is 140 cm³/mol. The molecule has 0 spiro atoms. The van der Waals surface area contributed by atoms with Crippen LogP contribution in [-0.4, -0.2) is 34.8 Å². The summed E-state index contributed by atoms with van der Waals surface area (Å²) in [6, 6.07) is 14.5. The fourth-order valence-corrected chi connectivity index (χ4v) is 4.75. The number of hydrogen-bond donors (Lipinski definition) is 2. The van der Waals surface area contributed by atoms with Crippen LogP contribution in [0.15, 0.2) is 48.5 Å². The molecule has 0 unspecified atom stereocenters. The van der Waals surface area contributed by atoms with Crippen LogP contribution in [0.1, 0.15) is 57.4 Å². The Morgan fingerprint density at radius 1 is 0.972 bits per heavy atom. The molecule has 0 aliphatic carbocycles. The summed E-state index contributed by atoms with van der Waals surface area (Å²) in [7, 11) is 0. The van der Waals surface area contributed by atoms with E-state index in [9.17, 15) is 9.59 Å². The second kappa shape index (κ2) is 13.0. The molecule has 4 rings (SSSR count). The van der Waals surface area contributed by atoms with Crippen molar-refractivity contribution in [2.45, 2.75) is 64.3 Å². The molecular formula is C27H32N4O4S. The summed E-state index contributed by atoms with van der Waals surface area (Å²) in [4.78, 5) is 25.8. The first-order valence-corrected chi connectivity index (χ1v) is 13.3. The van der Waals surface area contributed by atoms with Gasteiger partial charge in [0.05, 0.1) is 0 Å². The average molecular weight is 509 g/mol. The van der Waals surface area contributed by atoms with Gasteiger partial charge >= 0.3 is 0 Å². The fourth-order valence-electron chi connectivity index (χ4n) is 4.00. The Morgan fingerprint density at radius 3 is 2.58 bits per heavy atom. The summed E-state index contributed by atoms with van der Waals surface area (Å²) < 4.78 is 10.8. The smallest absolute Gasteiger partial charge is 0.249 e. The second-order valence-corrected chi connectivity index (χ2v) is 9.77. The Morgan fingerprint density at radius 2 is 1.75 bits per heavy atom. The van der Waals surface area contributed by atoms with Crippen LogP contribution in [0.4, 0.5) is 5.13 Å². The van der Waals surface area contributed by atoms with Crippen LogP contribution in [0.25, 0.3) is 10.6 Å². The van der Waals surface area contributed by atoms with Crippen LogP contribution < -0.4 is 20.1 Å². The van der Waals surface area contributed by atoms with Gasteiger partial charge in [0.1, 0.15) is 11.0 Å². The number of benzene rings is 2. The molecule has 8 nitrogen and oxygen atoms in total. The van der Waals surface area contributed by atoms with Crippen LogP contribution in [0.3, 0.4) is 0 Å². The first kappa shape index (κ1) is 25.6. The van der Waals surface area contributed by atoms with E-state index in [0.29, 0.717) is 34.5 Å². The lowest BCUT2D eigenvalue weighted by atomic mass is 10.0. The zero-order valence-electron chi connectivity index (χ0n) is 20.5. The molecule has 190 valence electrons. The number of hydrogen-bond acceptors (Lipinski definition) is 7. The highest BCUT2D eigenvalue weighted by atomic mass is 32.1. The number of ether oxygens (including phenoxy) is 2. The third-order valence-corrected chi connectivity index (χ3v) is 6.85. The fraction of sp³-hybridized carbons (Fsp3) is 0.407. The number of amides is 2. The number of aromatic nitrogens is 2. The highest BCUT2D eigenvalue weighted by Gasteiger charge is 2.23. The molecule has 2 heterocycles. The molecule has 1 atom stereocenters.